The predicted octanol–water partition coefficient (Wildman–Crippen LogP) is 6.47. The van der Waals surface area contributed by atoms with E-state index in [2.05, 4.69) is 29.2 Å². The highest BCUT2D eigenvalue weighted by atomic mass is 35.5. The van der Waals surface area contributed by atoms with Gasteiger partial charge in [0.2, 0.25) is 11.8 Å². The van der Waals surface area contributed by atoms with Crippen molar-refractivity contribution >= 4 is 42.2 Å². The zero-order valence-electron chi connectivity index (χ0n) is 28.4. The number of aromatic hydroxyl groups is 1. The monoisotopic (exact) mass is 694 g/mol. The second-order valence-corrected chi connectivity index (χ2v) is 14.5. The number of hydrogen-bond donors (Lipinski definition) is 2. The minimum Gasteiger partial charge on any atom is -0.508 e. The lowest BCUT2D eigenvalue weighted by atomic mass is 9.58. The normalized spacial score (nSPS) is 24.9. The van der Waals surface area contributed by atoms with Crippen LogP contribution in [-0.4, -0.2) is 77.8 Å². The number of phenols is 1. The minimum atomic E-state index is -1.05. The molecule has 3 aromatic carbocycles. The van der Waals surface area contributed by atoms with Crippen LogP contribution >= 0.6 is 11.6 Å². The molecule has 2 N–H and O–H groups in total. The summed E-state index contributed by atoms with van der Waals surface area (Å²) in [4.78, 5) is 32.4. The number of nitrogens with zero attached hydrogens (tertiary/aromatic N) is 2. The Morgan fingerprint density at radius 3 is 2.42 bits per heavy atom. The van der Waals surface area contributed by atoms with Crippen LogP contribution < -0.4 is 0 Å². The van der Waals surface area contributed by atoms with Gasteiger partial charge in [0.05, 0.1) is 29.6 Å². The molecule has 0 aromatic heterocycles. The van der Waals surface area contributed by atoms with Gasteiger partial charge >= 0.3 is 7.12 Å². The SMILES string of the molecule is COCC1=C2[C@@H](CC/C(=C/c3ccc(O)cc3Cl)c3ccccc3)OB(O)C[C@@H]2[C@@H]2C(=O)N(C3CCN(Cc4ccccc4)CC3)C(=O)[C@@H]2C1. The van der Waals surface area contributed by atoms with Crippen LogP contribution in [0.2, 0.25) is 11.3 Å². The zero-order valence-corrected chi connectivity index (χ0v) is 29.2. The van der Waals surface area contributed by atoms with Crippen LogP contribution in [0.25, 0.3) is 11.6 Å². The number of imide groups is 1. The summed E-state index contributed by atoms with van der Waals surface area (Å²) in [5, 5.41) is 21.5. The van der Waals surface area contributed by atoms with E-state index in [0.29, 0.717) is 30.9 Å². The number of benzene rings is 3. The Hall–Kier alpha value is -3.73. The molecule has 3 heterocycles. The summed E-state index contributed by atoms with van der Waals surface area (Å²) in [6.45, 7) is 2.86. The molecule has 8 nitrogen and oxygen atoms in total. The van der Waals surface area contributed by atoms with Crippen molar-refractivity contribution < 1.29 is 29.1 Å². The number of carbonyl (C=O) groups excluding carboxylic acids is 2. The van der Waals surface area contributed by atoms with Crippen LogP contribution in [0.1, 0.15) is 48.8 Å². The Balaban J connectivity index is 1.12. The van der Waals surface area contributed by atoms with Gasteiger partial charge in [0.1, 0.15) is 5.75 Å². The molecule has 50 heavy (non-hydrogen) atoms. The predicted molar refractivity (Wildman–Crippen MR) is 195 cm³/mol. The van der Waals surface area contributed by atoms with Gasteiger partial charge in [0, 0.05) is 32.8 Å². The first kappa shape index (κ1) is 34.7. The molecule has 0 saturated carbocycles. The van der Waals surface area contributed by atoms with Gasteiger partial charge in [-0.05, 0) is 102 Å². The van der Waals surface area contributed by atoms with Gasteiger partial charge in [-0.3, -0.25) is 19.4 Å². The highest BCUT2D eigenvalue weighted by Gasteiger charge is 2.58. The second-order valence-electron chi connectivity index (χ2n) is 14.1. The second kappa shape index (κ2) is 15.3. The first-order chi connectivity index (χ1) is 24.3. The molecule has 3 aliphatic heterocycles. The fourth-order valence-corrected chi connectivity index (χ4v) is 8.92. The van der Waals surface area contributed by atoms with Gasteiger partial charge in [-0.2, -0.15) is 0 Å². The Labute approximate surface area is 299 Å². The van der Waals surface area contributed by atoms with Gasteiger partial charge in [-0.15, -0.1) is 0 Å². The van der Waals surface area contributed by atoms with Crippen molar-refractivity contribution in [1.29, 1.82) is 0 Å². The van der Waals surface area contributed by atoms with E-state index in [9.17, 15) is 19.7 Å². The molecular formula is C40H44BClN2O6. The quantitative estimate of drug-likeness (QED) is 0.109. The number of methoxy groups -OCH3 is 1. The number of phenolic OH excluding ortho intramolecular Hbond substituents is 1. The number of amides is 2. The Morgan fingerprint density at radius 2 is 1.72 bits per heavy atom. The van der Waals surface area contributed by atoms with E-state index >= 15 is 0 Å². The molecule has 0 radical (unpaired) electrons. The number of allylic oxidation sites excluding steroid dienone is 1. The van der Waals surface area contributed by atoms with E-state index in [1.807, 2.05) is 42.5 Å². The third-order valence-corrected chi connectivity index (χ3v) is 11.3. The summed E-state index contributed by atoms with van der Waals surface area (Å²) in [6, 6.07) is 25.2. The van der Waals surface area contributed by atoms with E-state index in [4.69, 9.17) is 21.0 Å². The summed E-state index contributed by atoms with van der Waals surface area (Å²) >= 11 is 6.51. The lowest BCUT2D eigenvalue weighted by molar-refractivity contribution is -0.144. The number of carbonyl (C=O) groups is 2. The summed E-state index contributed by atoms with van der Waals surface area (Å²) in [5.74, 6) is -1.34. The number of rotatable bonds is 10. The maximum absolute atomic E-state index is 14.3. The summed E-state index contributed by atoms with van der Waals surface area (Å²) in [6.07, 6.45) is 4.97. The molecule has 4 aliphatic rings. The van der Waals surface area contributed by atoms with Crippen LogP contribution in [0.15, 0.2) is 90.0 Å². The Morgan fingerprint density at radius 1 is 1.00 bits per heavy atom. The van der Waals surface area contributed by atoms with Gasteiger partial charge in [0.15, 0.2) is 0 Å². The fraction of sp³-hybridized carbons (Fsp3) is 0.400. The number of fused-ring (bicyclic) bond motifs is 3. The van der Waals surface area contributed by atoms with Crippen molar-refractivity contribution in [2.45, 2.75) is 57.1 Å². The van der Waals surface area contributed by atoms with Crippen molar-refractivity contribution in [3.63, 3.8) is 0 Å². The van der Waals surface area contributed by atoms with Crippen LogP contribution in [0.5, 0.6) is 5.75 Å². The van der Waals surface area contributed by atoms with Crippen LogP contribution in [0.4, 0.5) is 0 Å². The van der Waals surface area contributed by atoms with Gasteiger partial charge < -0.3 is 19.5 Å². The smallest absolute Gasteiger partial charge is 0.455 e. The first-order valence-corrected chi connectivity index (χ1v) is 18.1. The lowest BCUT2D eigenvalue weighted by Crippen LogP contribution is -2.48. The third-order valence-electron chi connectivity index (χ3n) is 11.0. The molecule has 3 saturated heterocycles. The number of hydrogen-bond acceptors (Lipinski definition) is 7. The van der Waals surface area contributed by atoms with Crippen LogP contribution in [0, 0.1) is 17.8 Å². The van der Waals surface area contributed by atoms with Gasteiger partial charge in [0.25, 0.3) is 0 Å². The zero-order chi connectivity index (χ0) is 34.8. The van der Waals surface area contributed by atoms with Crippen molar-refractivity contribution in [3.05, 3.63) is 112 Å². The molecule has 3 fully saturated rings. The molecule has 260 valence electrons. The summed E-state index contributed by atoms with van der Waals surface area (Å²) in [7, 11) is 0.599. The number of likely N-dealkylation sites (tertiary alicyclic amines) is 2. The van der Waals surface area contributed by atoms with E-state index in [1.54, 1.807) is 24.1 Å². The Kier molecular flexibility index (Phi) is 10.6. The van der Waals surface area contributed by atoms with Crippen LogP contribution in [0.3, 0.4) is 0 Å². The number of piperidine rings is 1. The number of halogens is 1. The topological polar surface area (TPSA) is 99.5 Å². The maximum Gasteiger partial charge on any atom is 0.455 e. The molecule has 0 spiro atoms. The van der Waals surface area contributed by atoms with Gasteiger partial charge in [-0.25, -0.2) is 0 Å². The highest BCUT2D eigenvalue weighted by Crippen LogP contribution is 2.51. The summed E-state index contributed by atoms with van der Waals surface area (Å²) in [5.41, 5.74) is 6.11. The molecule has 3 aromatic rings. The van der Waals surface area contributed by atoms with E-state index in [0.717, 1.165) is 60.3 Å². The first-order valence-electron chi connectivity index (χ1n) is 17.7. The molecule has 7 rings (SSSR count). The van der Waals surface area contributed by atoms with Crippen molar-refractivity contribution in [1.82, 2.24) is 9.80 Å². The minimum absolute atomic E-state index is 0.0771. The molecule has 2 amide bonds. The maximum atomic E-state index is 14.3. The molecule has 4 atom stereocenters. The molecule has 10 heteroatoms. The number of ether oxygens (including phenoxy) is 1. The van der Waals surface area contributed by atoms with Crippen LogP contribution in [-0.2, 0) is 25.5 Å². The molecule has 0 unspecified atom stereocenters. The molecular weight excluding hydrogens is 651 g/mol. The van der Waals surface area contributed by atoms with E-state index in [1.165, 1.54) is 11.6 Å². The van der Waals surface area contributed by atoms with Crippen molar-refractivity contribution in [3.8, 4) is 5.75 Å². The standard InChI is InChI=1S/C40H44BClN2O6/c1-49-25-30-21-33-38(40(47)44(39(33)46)31-16-18-43(19-17-31)24-26-8-4-2-5-9-26)34-23-41(48)50-36(37(30)34)15-13-28(27-10-6-3-7-11-27)20-29-12-14-32(45)22-35(29)42/h2-12,14,20,22,31,33-34,36,38,45,48H,13,15-19,21,23-25H2,1H3/b28-20-/t33-,34+,36-,38-/m1/s1. The van der Waals surface area contributed by atoms with Crippen molar-refractivity contribution in [2.24, 2.45) is 17.8 Å². The largest absolute Gasteiger partial charge is 0.508 e. The molecule has 0 bridgehead atoms. The average molecular weight is 695 g/mol. The average Bonchev–Trinajstić information content (AvgIpc) is 3.37. The van der Waals surface area contributed by atoms with E-state index in [-0.39, 0.29) is 35.8 Å². The van der Waals surface area contributed by atoms with E-state index < -0.39 is 25.1 Å². The lowest BCUT2D eigenvalue weighted by Gasteiger charge is -2.43. The fourth-order valence-electron chi connectivity index (χ4n) is 8.69. The summed E-state index contributed by atoms with van der Waals surface area (Å²) < 4.78 is 11.9. The van der Waals surface area contributed by atoms with Crippen molar-refractivity contribution in [2.75, 3.05) is 26.8 Å². The molecule has 1 aliphatic carbocycles. The highest BCUT2D eigenvalue weighted by molar-refractivity contribution is 6.43. The third kappa shape index (κ3) is 7.21. The Bertz CT molecular complexity index is 1760. The van der Waals surface area contributed by atoms with Gasteiger partial charge in [-0.1, -0.05) is 72.3 Å².